The van der Waals surface area contributed by atoms with Crippen LogP contribution < -0.4 is 10.1 Å². The normalized spacial score (nSPS) is 12.1. The van der Waals surface area contributed by atoms with Gasteiger partial charge in [0.15, 0.2) is 0 Å². The predicted octanol–water partition coefficient (Wildman–Crippen LogP) is 3.25. The molecule has 19 heavy (non-hydrogen) atoms. The van der Waals surface area contributed by atoms with Crippen molar-refractivity contribution in [1.29, 1.82) is 0 Å². The Morgan fingerprint density at radius 1 is 1.11 bits per heavy atom. The van der Waals surface area contributed by atoms with Gasteiger partial charge in [-0.25, -0.2) is 0 Å². The third-order valence-corrected chi connectivity index (χ3v) is 3.18. The molecule has 0 aliphatic rings. The zero-order chi connectivity index (χ0) is 13.7. The molecule has 3 nitrogen and oxygen atoms in total. The van der Waals surface area contributed by atoms with Gasteiger partial charge in [0.25, 0.3) is 0 Å². The van der Waals surface area contributed by atoms with Crippen molar-refractivity contribution in [1.82, 2.24) is 5.32 Å². The van der Waals surface area contributed by atoms with Crippen LogP contribution in [0.5, 0.6) is 11.5 Å². The number of phenolic OH excluding ortho intramolecular Hbond substituents is 1. The number of methoxy groups -OCH3 is 1. The zero-order valence-electron chi connectivity index (χ0n) is 11.3. The van der Waals surface area contributed by atoms with Gasteiger partial charge in [-0.15, -0.1) is 0 Å². The largest absolute Gasteiger partial charge is 0.508 e. The lowest BCUT2D eigenvalue weighted by atomic mass is 10.1. The van der Waals surface area contributed by atoms with Gasteiger partial charge >= 0.3 is 0 Å². The Balaban J connectivity index is 2.00. The monoisotopic (exact) mass is 257 g/mol. The van der Waals surface area contributed by atoms with Crippen LogP contribution >= 0.6 is 0 Å². The van der Waals surface area contributed by atoms with Gasteiger partial charge in [0.05, 0.1) is 7.11 Å². The van der Waals surface area contributed by atoms with Gasteiger partial charge < -0.3 is 15.2 Å². The number of para-hydroxylation sites is 1. The zero-order valence-corrected chi connectivity index (χ0v) is 11.3. The molecule has 0 amide bonds. The fourth-order valence-electron chi connectivity index (χ4n) is 1.99. The standard InChI is InChI=1S/C16H19NO2/c1-12(13-7-9-15(18)10-8-13)17-11-14-5-3-4-6-16(14)19-2/h3-10,12,17-18H,11H2,1-2H3. The average Bonchev–Trinajstić information content (AvgIpc) is 2.45. The van der Waals surface area contributed by atoms with Crippen molar-refractivity contribution < 1.29 is 9.84 Å². The summed E-state index contributed by atoms with van der Waals surface area (Å²) in [5, 5.41) is 12.7. The van der Waals surface area contributed by atoms with Crippen molar-refractivity contribution >= 4 is 0 Å². The second kappa shape index (κ2) is 6.25. The van der Waals surface area contributed by atoms with Crippen molar-refractivity contribution in [2.24, 2.45) is 0 Å². The van der Waals surface area contributed by atoms with Gasteiger partial charge in [0.2, 0.25) is 0 Å². The van der Waals surface area contributed by atoms with Crippen molar-refractivity contribution in [2.75, 3.05) is 7.11 Å². The first kappa shape index (κ1) is 13.4. The highest BCUT2D eigenvalue weighted by atomic mass is 16.5. The highest BCUT2D eigenvalue weighted by Crippen LogP contribution is 2.20. The molecule has 100 valence electrons. The molecule has 0 heterocycles. The van der Waals surface area contributed by atoms with E-state index in [9.17, 15) is 5.11 Å². The second-order valence-electron chi connectivity index (χ2n) is 4.51. The number of phenols is 1. The Kier molecular flexibility index (Phi) is 4.42. The fraction of sp³-hybridized carbons (Fsp3) is 0.250. The molecule has 0 spiro atoms. The van der Waals surface area contributed by atoms with Crippen molar-refractivity contribution in [3.05, 3.63) is 59.7 Å². The molecular formula is C16H19NO2. The van der Waals surface area contributed by atoms with Crippen LogP contribution in [0, 0.1) is 0 Å². The molecule has 0 aliphatic heterocycles. The summed E-state index contributed by atoms with van der Waals surface area (Å²) in [5.74, 6) is 1.19. The van der Waals surface area contributed by atoms with Gasteiger partial charge in [0, 0.05) is 18.2 Å². The highest BCUT2D eigenvalue weighted by molar-refractivity contribution is 5.33. The molecule has 0 aromatic heterocycles. The Labute approximate surface area is 113 Å². The van der Waals surface area contributed by atoms with E-state index in [0.29, 0.717) is 5.75 Å². The van der Waals surface area contributed by atoms with Crippen LogP contribution in [-0.4, -0.2) is 12.2 Å². The summed E-state index contributed by atoms with van der Waals surface area (Å²) in [6, 6.07) is 15.5. The van der Waals surface area contributed by atoms with Crippen LogP contribution in [0.1, 0.15) is 24.1 Å². The smallest absolute Gasteiger partial charge is 0.123 e. The van der Waals surface area contributed by atoms with E-state index in [1.54, 1.807) is 19.2 Å². The Bertz CT molecular complexity index is 523. The SMILES string of the molecule is COc1ccccc1CNC(C)c1ccc(O)cc1. The third-order valence-electron chi connectivity index (χ3n) is 3.18. The topological polar surface area (TPSA) is 41.5 Å². The van der Waals surface area contributed by atoms with Crippen molar-refractivity contribution in [3.63, 3.8) is 0 Å². The minimum absolute atomic E-state index is 0.213. The van der Waals surface area contributed by atoms with E-state index >= 15 is 0 Å². The summed E-state index contributed by atoms with van der Waals surface area (Å²) in [4.78, 5) is 0. The Morgan fingerprint density at radius 2 is 1.79 bits per heavy atom. The Hall–Kier alpha value is -2.00. The summed E-state index contributed by atoms with van der Waals surface area (Å²) in [5.41, 5.74) is 2.28. The maximum absolute atomic E-state index is 9.28. The fourth-order valence-corrected chi connectivity index (χ4v) is 1.99. The summed E-state index contributed by atoms with van der Waals surface area (Å²) >= 11 is 0. The van der Waals surface area contributed by atoms with Crippen LogP contribution in [0.4, 0.5) is 0 Å². The molecule has 1 unspecified atom stereocenters. The first-order valence-corrected chi connectivity index (χ1v) is 6.35. The first-order valence-electron chi connectivity index (χ1n) is 6.35. The first-order chi connectivity index (χ1) is 9.20. The van der Waals surface area contributed by atoms with Crippen LogP contribution in [0.25, 0.3) is 0 Å². The molecule has 1 atom stereocenters. The maximum atomic E-state index is 9.28. The lowest BCUT2D eigenvalue weighted by Crippen LogP contribution is -2.18. The van der Waals surface area contributed by atoms with E-state index in [2.05, 4.69) is 18.3 Å². The lowest BCUT2D eigenvalue weighted by molar-refractivity contribution is 0.406. The molecular weight excluding hydrogens is 238 g/mol. The number of hydrogen-bond acceptors (Lipinski definition) is 3. The van der Waals surface area contributed by atoms with Crippen LogP contribution in [0.2, 0.25) is 0 Å². The molecule has 0 fully saturated rings. The molecule has 0 radical (unpaired) electrons. The number of nitrogens with one attached hydrogen (secondary N) is 1. The number of rotatable bonds is 5. The minimum atomic E-state index is 0.213. The molecule has 0 saturated carbocycles. The molecule has 2 rings (SSSR count). The van der Waals surface area contributed by atoms with Crippen molar-refractivity contribution in [3.8, 4) is 11.5 Å². The van der Waals surface area contributed by atoms with Gasteiger partial charge in [-0.1, -0.05) is 30.3 Å². The Morgan fingerprint density at radius 3 is 2.47 bits per heavy atom. The summed E-state index contributed by atoms with van der Waals surface area (Å²) in [7, 11) is 1.68. The van der Waals surface area contributed by atoms with Gasteiger partial charge in [-0.05, 0) is 30.7 Å². The molecule has 3 heteroatoms. The number of ether oxygens (including phenoxy) is 1. The number of hydrogen-bond donors (Lipinski definition) is 2. The summed E-state index contributed by atoms with van der Waals surface area (Å²) < 4.78 is 5.33. The van der Waals surface area contributed by atoms with Crippen molar-refractivity contribution in [2.45, 2.75) is 19.5 Å². The van der Waals surface area contributed by atoms with Crippen LogP contribution in [-0.2, 0) is 6.54 Å². The van der Waals surface area contributed by atoms with E-state index in [1.807, 2.05) is 30.3 Å². The minimum Gasteiger partial charge on any atom is -0.508 e. The van der Waals surface area contributed by atoms with Gasteiger partial charge in [-0.2, -0.15) is 0 Å². The third kappa shape index (κ3) is 3.48. The highest BCUT2D eigenvalue weighted by Gasteiger charge is 2.07. The quantitative estimate of drug-likeness (QED) is 0.864. The molecule has 2 aromatic carbocycles. The molecule has 0 saturated heterocycles. The van der Waals surface area contributed by atoms with Gasteiger partial charge in [-0.3, -0.25) is 0 Å². The summed E-state index contributed by atoms with van der Waals surface area (Å²) in [6.07, 6.45) is 0. The van der Waals surface area contributed by atoms with E-state index in [1.165, 1.54) is 0 Å². The molecule has 0 bridgehead atoms. The number of benzene rings is 2. The average molecular weight is 257 g/mol. The number of aromatic hydroxyl groups is 1. The van der Waals surface area contributed by atoms with Crippen LogP contribution in [0.15, 0.2) is 48.5 Å². The molecule has 2 N–H and O–H groups in total. The van der Waals surface area contributed by atoms with E-state index < -0.39 is 0 Å². The molecule has 0 aliphatic carbocycles. The molecule has 2 aromatic rings. The predicted molar refractivity (Wildman–Crippen MR) is 76.4 cm³/mol. The van der Waals surface area contributed by atoms with E-state index in [-0.39, 0.29) is 6.04 Å². The second-order valence-corrected chi connectivity index (χ2v) is 4.51. The summed E-state index contributed by atoms with van der Waals surface area (Å²) in [6.45, 7) is 2.84. The maximum Gasteiger partial charge on any atom is 0.123 e. The van der Waals surface area contributed by atoms with Crippen LogP contribution in [0.3, 0.4) is 0 Å². The lowest BCUT2D eigenvalue weighted by Gasteiger charge is -2.15. The van der Waals surface area contributed by atoms with E-state index in [4.69, 9.17) is 4.74 Å². The van der Waals surface area contributed by atoms with E-state index in [0.717, 1.165) is 23.4 Å². The van der Waals surface area contributed by atoms with Gasteiger partial charge in [0.1, 0.15) is 11.5 Å².